The van der Waals surface area contributed by atoms with Crippen LogP contribution in [0.2, 0.25) is 0 Å². The molecule has 54 valence electrons. The van der Waals surface area contributed by atoms with Crippen molar-refractivity contribution in [1.82, 2.24) is 5.32 Å². The molecule has 0 spiro atoms. The molecular weight excluding hydrogens is 112 g/mol. The Morgan fingerprint density at radius 3 is 2.67 bits per heavy atom. The molecule has 0 amide bonds. The fraction of sp³-hybridized carbons (Fsp3) is 0.714. The van der Waals surface area contributed by atoms with Gasteiger partial charge in [0, 0.05) is 12.7 Å². The molecule has 0 heterocycles. The largest absolute Gasteiger partial charge is 0.392 e. The third kappa shape index (κ3) is 5.37. The first-order chi connectivity index (χ1) is 4.31. The summed E-state index contributed by atoms with van der Waals surface area (Å²) in [6.07, 6.45) is 3.30. The summed E-state index contributed by atoms with van der Waals surface area (Å²) in [5.41, 5.74) is 6.41. The zero-order valence-electron chi connectivity index (χ0n) is 6.11. The Bertz CT molecular complexity index is 79.0. The van der Waals surface area contributed by atoms with Crippen molar-refractivity contribution in [1.29, 1.82) is 0 Å². The third-order valence-electron chi connectivity index (χ3n) is 1.29. The Kier molecular flexibility index (Phi) is 5.32. The average Bonchev–Trinajstić information content (AvgIpc) is 1.89. The molecule has 0 saturated carbocycles. The molecule has 0 aromatic rings. The molecule has 0 aliphatic carbocycles. The molecule has 0 fully saturated rings. The van der Waals surface area contributed by atoms with E-state index in [-0.39, 0.29) is 0 Å². The molecule has 0 aliphatic heterocycles. The highest BCUT2D eigenvalue weighted by molar-refractivity contribution is 4.88. The molecule has 0 atom stereocenters. The van der Waals surface area contributed by atoms with E-state index >= 15 is 0 Å². The fourth-order valence-electron chi connectivity index (χ4n) is 0.608. The maximum absolute atomic E-state index is 5.31. The van der Waals surface area contributed by atoms with Gasteiger partial charge in [0.05, 0.1) is 0 Å². The number of nitrogens with one attached hydrogen (secondary N) is 1. The maximum Gasteiger partial charge on any atom is 0.00310 e. The molecule has 0 unspecified atom stereocenters. The van der Waals surface area contributed by atoms with Crippen LogP contribution in [0.25, 0.3) is 0 Å². The molecule has 3 N–H and O–H groups in total. The van der Waals surface area contributed by atoms with E-state index in [1.54, 1.807) is 0 Å². The van der Waals surface area contributed by atoms with Gasteiger partial charge in [-0.15, -0.1) is 0 Å². The van der Waals surface area contributed by atoms with Crippen LogP contribution >= 0.6 is 0 Å². The number of nitrogens with two attached hydrogens (primary N) is 1. The van der Waals surface area contributed by atoms with Gasteiger partial charge in [-0.2, -0.15) is 0 Å². The predicted octanol–water partition coefficient (Wildman–Crippen LogP) is 0.849. The minimum absolute atomic E-state index is 0.789. The fourth-order valence-corrected chi connectivity index (χ4v) is 0.608. The van der Waals surface area contributed by atoms with E-state index in [1.165, 1.54) is 0 Å². The van der Waals surface area contributed by atoms with Crippen molar-refractivity contribution in [3.63, 3.8) is 0 Å². The van der Waals surface area contributed by atoms with Crippen LogP contribution in [0.15, 0.2) is 12.3 Å². The molecule has 0 aliphatic rings. The Morgan fingerprint density at radius 1 is 1.56 bits per heavy atom. The van der Waals surface area contributed by atoms with E-state index in [0.717, 1.165) is 31.5 Å². The Hall–Kier alpha value is -0.500. The summed E-state index contributed by atoms with van der Waals surface area (Å²) in [6.45, 7) is 4.58. The van der Waals surface area contributed by atoms with Crippen LogP contribution in [-0.4, -0.2) is 13.6 Å². The van der Waals surface area contributed by atoms with E-state index in [1.807, 2.05) is 7.05 Å². The number of unbranched alkanes of at least 4 members (excludes halogenated alkanes) is 1. The lowest BCUT2D eigenvalue weighted by molar-refractivity contribution is 0.713. The molecule has 0 radical (unpaired) electrons. The Labute approximate surface area is 57.1 Å². The van der Waals surface area contributed by atoms with E-state index < -0.39 is 0 Å². The van der Waals surface area contributed by atoms with Crippen LogP contribution in [0, 0.1) is 0 Å². The van der Waals surface area contributed by atoms with Crippen LogP contribution in [0.1, 0.15) is 19.3 Å². The standard InChI is InChI=1S/C7H16N2/c1-7(9-2)5-3-4-6-8/h9H,1,3-6,8H2,2H3. The van der Waals surface area contributed by atoms with Crippen molar-refractivity contribution in [2.45, 2.75) is 19.3 Å². The molecule has 9 heavy (non-hydrogen) atoms. The van der Waals surface area contributed by atoms with Crippen molar-refractivity contribution < 1.29 is 0 Å². The molecule has 0 aromatic heterocycles. The first-order valence-corrected chi connectivity index (χ1v) is 3.37. The summed E-state index contributed by atoms with van der Waals surface area (Å²) in [6, 6.07) is 0. The Balaban J connectivity index is 2.97. The van der Waals surface area contributed by atoms with Gasteiger partial charge in [0.2, 0.25) is 0 Å². The minimum Gasteiger partial charge on any atom is -0.392 e. The van der Waals surface area contributed by atoms with Crippen LogP contribution in [-0.2, 0) is 0 Å². The van der Waals surface area contributed by atoms with E-state index in [2.05, 4.69) is 11.9 Å². The second-order valence-electron chi connectivity index (χ2n) is 2.10. The summed E-state index contributed by atoms with van der Waals surface area (Å²) >= 11 is 0. The molecular formula is C7H16N2. The number of rotatable bonds is 5. The van der Waals surface area contributed by atoms with E-state index in [4.69, 9.17) is 5.73 Å². The molecule has 0 bridgehead atoms. The zero-order valence-corrected chi connectivity index (χ0v) is 6.11. The zero-order chi connectivity index (χ0) is 7.11. The van der Waals surface area contributed by atoms with Crippen molar-refractivity contribution in [3.8, 4) is 0 Å². The topological polar surface area (TPSA) is 38.0 Å². The van der Waals surface area contributed by atoms with Gasteiger partial charge in [0.1, 0.15) is 0 Å². The van der Waals surface area contributed by atoms with Crippen LogP contribution < -0.4 is 11.1 Å². The first kappa shape index (κ1) is 8.50. The highest BCUT2D eigenvalue weighted by atomic mass is 14.8. The molecule has 0 saturated heterocycles. The monoisotopic (exact) mass is 128 g/mol. The summed E-state index contributed by atoms with van der Waals surface area (Å²) in [7, 11) is 1.89. The van der Waals surface area contributed by atoms with E-state index in [9.17, 15) is 0 Å². The maximum atomic E-state index is 5.31. The highest BCUT2D eigenvalue weighted by Gasteiger charge is 1.88. The second kappa shape index (κ2) is 5.63. The van der Waals surface area contributed by atoms with Crippen LogP contribution in [0.4, 0.5) is 0 Å². The molecule has 0 aromatic carbocycles. The van der Waals surface area contributed by atoms with Gasteiger partial charge in [-0.3, -0.25) is 0 Å². The third-order valence-corrected chi connectivity index (χ3v) is 1.29. The van der Waals surface area contributed by atoms with Gasteiger partial charge < -0.3 is 11.1 Å². The summed E-state index contributed by atoms with van der Waals surface area (Å²) in [5, 5.41) is 2.99. The smallest absolute Gasteiger partial charge is 0.00310 e. The summed E-state index contributed by atoms with van der Waals surface area (Å²) in [4.78, 5) is 0. The van der Waals surface area contributed by atoms with Gasteiger partial charge in [0.15, 0.2) is 0 Å². The van der Waals surface area contributed by atoms with E-state index in [0.29, 0.717) is 0 Å². The lowest BCUT2D eigenvalue weighted by Gasteiger charge is -2.01. The van der Waals surface area contributed by atoms with Gasteiger partial charge in [0.25, 0.3) is 0 Å². The summed E-state index contributed by atoms with van der Waals surface area (Å²) < 4.78 is 0. The van der Waals surface area contributed by atoms with Crippen molar-refractivity contribution in [2.24, 2.45) is 5.73 Å². The second-order valence-corrected chi connectivity index (χ2v) is 2.10. The van der Waals surface area contributed by atoms with Crippen molar-refractivity contribution >= 4 is 0 Å². The highest BCUT2D eigenvalue weighted by Crippen LogP contribution is 1.99. The quantitative estimate of drug-likeness (QED) is 0.539. The van der Waals surface area contributed by atoms with Gasteiger partial charge in [-0.25, -0.2) is 0 Å². The lowest BCUT2D eigenvalue weighted by Crippen LogP contribution is -2.05. The van der Waals surface area contributed by atoms with Crippen molar-refractivity contribution in [3.05, 3.63) is 12.3 Å². The van der Waals surface area contributed by atoms with Crippen LogP contribution in [0.3, 0.4) is 0 Å². The first-order valence-electron chi connectivity index (χ1n) is 3.37. The number of allylic oxidation sites excluding steroid dienone is 1. The summed E-state index contributed by atoms with van der Waals surface area (Å²) in [5.74, 6) is 0. The number of hydrogen-bond donors (Lipinski definition) is 2. The Morgan fingerprint density at radius 2 is 2.22 bits per heavy atom. The lowest BCUT2D eigenvalue weighted by atomic mass is 10.2. The minimum atomic E-state index is 0.789. The number of hydrogen-bond acceptors (Lipinski definition) is 2. The van der Waals surface area contributed by atoms with Crippen LogP contribution in [0.5, 0.6) is 0 Å². The predicted molar refractivity (Wildman–Crippen MR) is 41.1 cm³/mol. The van der Waals surface area contributed by atoms with Gasteiger partial charge in [-0.1, -0.05) is 6.58 Å². The molecule has 2 heteroatoms. The normalized spacial score (nSPS) is 9.11. The van der Waals surface area contributed by atoms with Gasteiger partial charge in [-0.05, 0) is 25.8 Å². The average molecular weight is 128 g/mol. The van der Waals surface area contributed by atoms with Gasteiger partial charge >= 0.3 is 0 Å². The molecule has 0 rings (SSSR count). The SMILES string of the molecule is C=C(CCCCN)NC. The van der Waals surface area contributed by atoms with Crippen molar-refractivity contribution in [2.75, 3.05) is 13.6 Å². The molecule has 2 nitrogen and oxygen atoms in total.